The predicted octanol–water partition coefficient (Wildman–Crippen LogP) is 2.59. The van der Waals surface area contributed by atoms with Crippen LogP contribution >= 0.6 is 0 Å². The van der Waals surface area contributed by atoms with Crippen molar-refractivity contribution in [1.29, 1.82) is 0 Å². The first-order valence-corrected chi connectivity index (χ1v) is 7.24. The minimum atomic E-state index is -0.665. The standard InChI is InChI=1S/C18H20N2O2/c1-12(2)16(17(19)21)20-18(22)15-10-8-14(9-11-15)13-6-4-3-5-7-13/h3-12,16H,1-2H3,(H2,19,21)(H,20,22)/t16-/m0/s1. The van der Waals surface area contributed by atoms with E-state index in [0.29, 0.717) is 5.56 Å². The molecule has 4 heteroatoms. The highest BCUT2D eigenvalue weighted by molar-refractivity contribution is 5.97. The number of carbonyl (C=O) groups is 2. The average molecular weight is 296 g/mol. The highest BCUT2D eigenvalue weighted by Crippen LogP contribution is 2.19. The Morgan fingerprint density at radius 1 is 0.909 bits per heavy atom. The lowest BCUT2D eigenvalue weighted by Crippen LogP contribution is -2.47. The molecule has 2 aromatic rings. The fourth-order valence-electron chi connectivity index (χ4n) is 2.24. The van der Waals surface area contributed by atoms with Gasteiger partial charge in [-0.1, -0.05) is 56.3 Å². The lowest BCUT2D eigenvalue weighted by molar-refractivity contribution is -0.120. The van der Waals surface area contributed by atoms with Crippen molar-refractivity contribution in [2.24, 2.45) is 11.7 Å². The van der Waals surface area contributed by atoms with E-state index < -0.39 is 11.9 Å². The van der Waals surface area contributed by atoms with Crippen LogP contribution in [0.15, 0.2) is 54.6 Å². The van der Waals surface area contributed by atoms with Crippen molar-refractivity contribution in [3.05, 3.63) is 60.2 Å². The first kappa shape index (κ1) is 15.8. The summed E-state index contributed by atoms with van der Waals surface area (Å²) in [6.07, 6.45) is 0. The van der Waals surface area contributed by atoms with Gasteiger partial charge in [0.2, 0.25) is 5.91 Å². The number of nitrogens with two attached hydrogens (primary N) is 1. The average Bonchev–Trinajstić information content (AvgIpc) is 2.52. The molecular weight excluding hydrogens is 276 g/mol. The molecular formula is C18H20N2O2. The van der Waals surface area contributed by atoms with Gasteiger partial charge in [0.15, 0.2) is 0 Å². The van der Waals surface area contributed by atoms with Crippen molar-refractivity contribution in [3.63, 3.8) is 0 Å². The summed E-state index contributed by atoms with van der Waals surface area (Å²) in [4.78, 5) is 23.5. The molecule has 0 aromatic heterocycles. The van der Waals surface area contributed by atoms with Gasteiger partial charge in [0.25, 0.3) is 5.91 Å². The van der Waals surface area contributed by atoms with Crippen LogP contribution < -0.4 is 11.1 Å². The quantitative estimate of drug-likeness (QED) is 0.890. The summed E-state index contributed by atoms with van der Waals surface area (Å²) in [5.74, 6) is -0.869. The Hall–Kier alpha value is -2.62. The van der Waals surface area contributed by atoms with Crippen LogP contribution in [0.5, 0.6) is 0 Å². The van der Waals surface area contributed by atoms with Crippen LogP contribution in [-0.2, 0) is 4.79 Å². The number of benzene rings is 2. The molecule has 22 heavy (non-hydrogen) atoms. The number of hydrogen-bond acceptors (Lipinski definition) is 2. The highest BCUT2D eigenvalue weighted by Gasteiger charge is 2.22. The topological polar surface area (TPSA) is 72.2 Å². The molecule has 0 bridgehead atoms. The Balaban J connectivity index is 2.13. The Bertz CT molecular complexity index is 649. The van der Waals surface area contributed by atoms with Crippen molar-refractivity contribution in [2.75, 3.05) is 0 Å². The van der Waals surface area contributed by atoms with E-state index in [2.05, 4.69) is 5.32 Å². The van der Waals surface area contributed by atoms with Crippen LogP contribution in [0.25, 0.3) is 11.1 Å². The van der Waals surface area contributed by atoms with Gasteiger partial charge in [-0.05, 0) is 29.2 Å². The zero-order valence-corrected chi connectivity index (χ0v) is 12.7. The Labute approximate surface area is 130 Å². The third kappa shape index (κ3) is 3.73. The molecule has 0 aliphatic rings. The van der Waals surface area contributed by atoms with Crippen molar-refractivity contribution < 1.29 is 9.59 Å². The van der Waals surface area contributed by atoms with Crippen molar-refractivity contribution in [3.8, 4) is 11.1 Å². The number of amides is 2. The molecule has 0 fully saturated rings. The maximum atomic E-state index is 12.2. The largest absolute Gasteiger partial charge is 0.368 e. The van der Waals surface area contributed by atoms with E-state index in [1.54, 1.807) is 12.1 Å². The van der Waals surface area contributed by atoms with E-state index in [-0.39, 0.29) is 11.8 Å². The highest BCUT2D eigenvalue weighted by atomic mass is 16.2. The lowest BCUT2D eigenvalue weighted by atomic mass is 10.0. The molecule has 0 unspecified atom stereocenters. The fourth-order valence-corrected chi connectivity index (χ4v) is 2.24. The first-order chi connectivity index (χ1) is 10.5. The van der Waals surface area contributed by atoms with Gasteiger partial charge in [0.05, 0.1) is 0 Å². The molecule has 2 aromatic carbocycles. The molecule has 4 nitrogen and oxygen atoms in total. The number of carbonyl (C=O) groups excluding carboxylic acids is 2. The van der Waals surface area contributed by atoms with Crippen LogP contribution in [-0.4, -0.2) is 17.9 Å². The summed E-state index contributed by atoms with van der Waals surface area (Å²) >= 11 is 0. The summed E-state index contributed by atoms with van der Waals surface area (Å²) in [6, 6.07) is 16.5. The van der Waals surface area contributed by atoms with E-state index in [1.165, 1.54) is 0 Å². The first-order valence-electron chi connectivity index (χ1n) is 7.24. The lowest BCUT2D eigenvalue weighted by Gasteiger charge is -2.19. The zero-order chi connectivity index (χ0) is 16.1. The van der Waals surface area contributed by atoms with Gasteiger partial charge in [0.1, 0.15) is 6.04 Å². The predicted molar refractivity (Wildman–Crippen MR) is 87.2 cm³/mol. The molecule has 0 aliphatic heterocycles. The second kappa shape index (κ2) is 6.89. The summed E-state index contributed by atoms with van der Waals surface area (Å²) in [6.45, 7) is 3.68. The third-order valence-electron chi connectivity index (χ3n) is 3.51. The van der Waals surface area contributed by atoms with Crippen LogP contribution in [0.2, 0.25) is 0 Å². The van der Waals surface area contributed by atoms with E-state index in [1.807, 2.05) is 56.3 Å². The number of rotatable bonds is 5. The SMILES string of the molecule is CC(C)[C@H](NC(=O)c1ccc(-c2ccccc2)cc1)C(N)=O. The molecule has 0 radical (unpaired) electrons. The monoisotopic (exact) mass is 296 g/mol. The second-order valence-electron chi connectivity index (χ2n) is 5.54. The molecule has 3 N–H and O–H groups in total. The van der Waals surface area contributed by atoms with E-state index in [0.717, 1.165) is 11.1 Å². The van der Waals surface area contributed by atoms with Crippen molar-refractivity contribution in [1.82, 2.24) is 5.32 Å². The molecule has 2 rings (SSSR count). The van der Waals surface area contributed by atoms with Gasteiger partial charge < -0.3 is 11.1 Å². The fraction of sp³-hybridized carbons (Fsp3) is 0.222. The van der Waals surface area contributed by atoms with Gasteiger partial charge in [0, 0.05) is 5.56 Å². The molecule has 1 atom stereocenters. The smallest absolute Gasteiger partial charge is 0.251 e. The Morgan fingerprint density at radius 3 is 1.95 bits per heavy atom. The second-order valence-corrected chi connectivity index (χ2v) is 5.54. The third-order valence-corrected chi connectivity index (χ3v) is 3.51. The normalized spacial score (nSPS) is 12.0. The summed E-state index contributed by atoms with van der Waals surface area (Å²) in [7, 11) is 0. The zero-order valence-electron chi connectivity index (χ0n) is 12.7. The molecule has 0 saturated carbocycles. The molecule has 0 saturated heterocycles. The van der Waals surface area contributed by atoms with Crippen LogP contribution in [0.4, 0.5) is 0 Å². The summed E-state index contributed by atoms with van der Waals surface area (Å²) in [5, 5.41) is 2.68. The Kier molecular flexibility index (Phi) is 4.94. The van der Waals surface area contributed by atoms with Gasteiger partial charge in [-0.3, -0.25) is 9.59 Å². The number of primary amides is 1. The summed E-state index contributed by atoms with van der Waals surface area (Å²) in [5.41, 5.74) is 7.94. The molecule has 0 spiro atoms. The maximum Gasteiger partial charge on any atom is 0.251 e. The van der Waals surface area contributed by atoms with E-state index in [9.17, 15) is 9.59 Å². The van der Waals surface area contributed by atoms with Crippen molar-refractivity contribution in [2.45, 2.75) is 19.9 Å². The van der Waals surface area contributed by atoms with E-state index >= 15 is 0 Å². The Morgan fingerprint density at radius 2 is 1.45 bits per heavy atom. The molecule has 0 heterocycles. The van der Waals surface area contributed by atoms with Crippen LogP contribution in [0.3, 0.4) is 0 Å². The van der Waals surface area contributed by atoms with Gasteiger partial charge in [-0.15, -0.1) is 0 Å². The molecule has 2 amide bonds. The minimum absolute atomic E-state index is 0.0509. The summed E-state index contributed by atoms with van der Waals surface area (Å²) < 4.78 is 0. The van der Waals surface area contributed by atoms with Crippen LogP contribution in [0.1, 0.15) is 24.2 Å². The van der Waals surface area contributed by atoms with Gasteiger partial charge in [-0.25, -0.2) is 0 Å². The molecule has 0 aliphatic carbocycles. The van der Waals surface area contributed by atoms with E-state index in [4.69, 9.17) is 5.73 Å². The minimum Gasteiger partial charge on any atom is -0.368 e. The molecule has 114 valence electrons. The van der Waals surface area contributed by atoms with Gasteiger partial charge in [-0.2, -0.15) is 0 Å². The maximum absolute atomic E-state index is 12.2. The number of hydrogen-bond donors (Lipinski definition) is 2. The van der Waals surface area contributed by atoms with Crippen molar-refractivity contribution >= 4 is 11.8 Å². The van der Waals surface area contributed by atoms with Gasteiger partial charge >= 0.3 is 0 Å². The number of nitrogens with one attached hydrogen (secondary N) is 1. The van der Waals surface area contributed by atoms with Crippen LogP contribution in [0, 0.1) is 5.92 Å².